The van der Waals surface area contributed by atoms with Crippen LogP contribution < -0.4 is 5.11 Å². The molecule has 0 rings (SSSR count). The average Bonchev–Trinajstić information content (AvgIpc) is 3.29. The van der Waals surface area contributed by atoms with Crippen molar-refractivity contribution in [1.82, 2.24) is 0 Å². The van der Waals surface area contributed by atoms with Crippen LogP contribution in [0.5, 0.6) is 0 Å². The van der Waals surface area contributed by atoms with Gasteiger partial charge in [0.25, 0.3) is 0 Å². The molecular weight excluding hydrogens is 839 g/mol. The molecule has 0 saturated carbocycles. The molecule has 0 fully saturated rings. The first-order valence-electron chi connectivity index (χ1n) is 26.7. The van der Waals surface area contributed by atoms with Crippen molar-refractivity contribution in [2.24, 2.45) is 0 Å². The highest BCUT2D eigenvalue weighted by Crippen LogP contribution is 2.14. The zero-order valence-corrected chi connectivity index (χ0v) is 43.5. The van der Waals surface area contributed by atoms with Crippen molar-refractivity contribution >= 4 is 17.9 Å². The maximum Gasteiger partial charge on any atom is 0.306 e. The van der Waals surface area contributed by atoms with Gasteiger partial charge >= 0.3 is 11.9 Å². The number of esters is 2. The van der Waals surface area contributed by atoms with Gasteiger partial charge in [-0.05, 0) is 89.9 Å². The smallest absolute Gasteiger partial charge is 0.306 e. The Morgan fingerprint density at radius 1 is 0.463 bits per heavy atom. The predicted octanol–water partition coefficient (Wildman–Crippen LogP) is 13.9. The second-order valence-corrected chi connectivity index (χ2v) is 18.8. The minimum Gasteiger partial charge on any atom is -0.545 e. The van der Waals surface area contributed by atoms with E-state index in [-0.39, 0.29) is 38.6 Å². The van der Waals surface area contributed by atoms with E-state index in [9.17, 15) is 19.5 Å². The van der Waals surface area contributed by atoms with E-state index < -0.39 is 24.3 Å². The summed E-state index contributed by atoms with van der Waals surface area (Å²) in [5, 5.41) is 11.8. The van der Waals surface area contributed by atoms with Crippen LogP contribution in [0.1, 0.15) is 206 Å². The van der Waals surface area contributed by atoms with Crippen molar-refractivity contribution in [3.8, 4) is 0 Å². The molecule has 0 N–H and O–H groups in total. The first-order valence-corrected chi connectivity index (χ1v) is 26.7. The third-order valence-electron chi connectivity index (χ3n) is 11.1. The molecule has 0 aromatic rings. The Morgan fingerprint density at radius 3 is 1.27 bits per heavy atom. The minimum atomic E-state index is -1.63. The summed E-state index contributed by atoms with van der Waals surface area (Å²) in [6.07, 6.45) is 60.4. The number of aliphatic carboxylic acids is 1. The number of nitrogens with zero attached hydrogens (tertiary/aromatic N) is 1. The molecule has 0 amide bonds. The molecule has 0 aromatic heterocycles. The highest BCUT2D eigenvalue weighted by molar-refractivity contribution is 5.70. The molecule has 0 bridgehead atoms. The molecule has 67 heavy (non-hydrogen) atoms. The lowest BCUT2D eigenvalue weighted by atomic mass is 10.1. The summed E-state index contributed by atoms with van der Waals surface area (Å²) in [6, 6.07) is 0. The van der Waals surface area contributed by atoms with Crippen LogP contribution >= 0.6 is 0 Å². The zero-order chi connectivity index (χ0) is 49.2. The van der Waals surface area contributed by atoms with Gasteiger partial charge < -0.3 is 33.3 Å². The topological polar surface area (TPSA) is 111 Å². The molecule has 0 radical (unpaired) electrons. The largest absolute Gasteiger partial charge is 0.545 e. The number of carboxylic acids is 1. The summed E-state index contributed by atoms with van der Waals surface area (Å²) in [6.45, 7) is 4.59. The molecule has 384 valence electrons. The van der Waals surface area contributed by atoms with Crippen molar-refractivity contribution in [1.29, 1.82) is 0 Å². The fraction of sp³-hybridized carbons (Fsp3) is 0.707. The van der Waals surface area contributed by atoms with E-state index in [2.05, 4.69) is 98.9 Å². The Labute approximate surface area is 410 Å². The van der Waals surface area contributed by atoms with E-state index in [1.54, 1.807) is 0 Å². The summed E-state index contributed by atoms with van der Waals surface area (Å²) in [4.78, 5) is 37.2. The molecule has 2 unspecified atom stereocenters. The predicted molar refractivity (Wildman–Crippen MR) is 278 cm³/mol. The van der Waals surface area contributed by atoms with E-state index in [1.807, 2.05) is 21.1 Å². The number of unbranched alkanes of at least 4 members (excludes halogenated alkanes) is 19. The fourth-order valence-electron chi connectivity index (χ4n) is 7.00. The summed E-state index contributed by atoms with van der Waals surface area (Å²) in [5.41, 5.74) is 0. The fourth-order valence-corrected chi connectivity index (χ4v) is 7.00. The van der Waals surface area contributed by atoms with E-state index in [1.165, 1.54) is 77.0 Å². The SMILES string of the molecule is CC/C=C\C/C=C\C/C=C\C/C=C\CCCCCCCCCCC(=O)OC(COC(=O)CCCCCCCC/C=C\C/C=C\C/C=C\CCCCCCC)COC(OCC[N+](C)(C)C)C(=O)[O-]. The van der Waals surface area contributed by atoms with E-state index in [0.29, 0.717) is 17.4 Å². The molecule has 0 aliphatic heterocycles. The van der Waals surface area contributed by atoms with Crippen LogP contribution in [0.15, 0.2) is 85.1 Å². The van der Waals surface area contributed by atoms with Gasteiger partial charge in [-0.2, -0.15) is 0 Å². The summed E-state index contributed by atoms with van der Waals surface area (Å²) in [7, 11) is 5.90. The molecule has 0 saturated heterocycles. The van der Waals surface area contributed by atoms with Crippen molar-refractivity contribution in [3.63, 3.8) is 0 Å². The lowest BCUT2D eigenvalue weighted by Crippen LogP contribution is -2.44. The zero-order valence-electron chi connectivity index (χ0n) is 43.5. The van der Waals surface area contributed by atoms with Gasteiger partial charge in [0, 0.05) is 12.8 Å². The van der Waals surface area contributed by atoms with Crippen molar-refractivity contribution in [2.45, 2.75) is 219 Å². The van der Waals surface area contributed by atoms with Gasteiger partial charge in [0.2, 0.25) is 0 Å². The first kappa shape index (κ1) is 63.5. The first-order chi connectivity index (χ1) is 32.6. The van der Waals surface area contributed by atoms with Crippen LogP contribution in [0, 0.1) is 0 Å². The maximum atomic E-state index is 12.8. The van der Waals surface area contributed by atoms with Crippen LogP contribution in [0.25, 0.3) is 0 Å². The summed E-state index contributed by atoms with van der Waals surface area (Å²) >= 11 is 0. The number of quaternary nitrogens is 1. The molecular formula is C58H99NO8. The second-order valence-electron chi connectivity index (χ2n) is 18.8. The Balaban J connectivity index is 4.38. The number of hydrogen-bond donors (Lipinski definition) is 0. The monoisotopic (exact) mass is 938 g/mol. The number of hydrogen-bond acceptors (Lipinski definition) is 8. The van der Waals surface area contributed by atoms with Crippen molar-refractivity contribution in [3.05, 3.63) is 85.1 Å². The molecule has 0 spiro atoms. The molecule has 9 nitrogen and oxygen atoms in total. The standard InChI is InChI=1S/C58H99NO8/c1-6-8-10-12-14-16-18-20-22-24-26-28-30-32-34-36-38-40-42-44-46-48-55(60)65-52-54(53-66-58(57(62)63)64-51-50-59(3,4)5)67-56(61)49-47-45-43-41-39-37-35-33-31-29-27-25-23-21-19-17-15-13-11-9-7-2/h9,11,15,17-18,20-21,23-24,26-27,29-30,32,54,58H,6-8,10,12-14,16,19,22,25,28,31,33-53H2,1-5H3/b11-9-,17-15-,20-18-,23-21-,26-24-,29-27-,32-30-. The van der Waals surface area contributed by atoms with E-state index >= 15 is 0 Å². The highest BCUT2D eigenvalue weighted by atomic mass is 16.7. The normalized spacial score (nSPS) is 13.5. The van der Waals surface area contributed by atoms with Crippen molar-refractivity contribution in [2.75, 3.05) is 47.5 Å². The van der Waals surface area contributed by atoms with Crippen LogP contribution in [0.4, 0.5) is 0 Å². The number of allylic oxidation sites excluding steroid dienone is 14. The van der Waals surface area contributed by atoms with Gasteiger partial charge in [0.15, 0.2) is 12.4 Å². The Morgan fingerprint density at radius 2 is 0.851 bits per heavy atom. The lowest BCUT2D eigenvalue weighted by molar-refractivity contribution is -0.870. The molecule has 0 aliphatic rings. The number of carbonyl (C=O) groups excluding carboxylic acids is 3. The molecule has 0 aromatic carbocycles. The average molecular weight is 938 g/mol. The highest BCUT2D eigenvalue weighted by Gasteiger charge is 2.22. The minimum absolute atomic E-state index is 0.139. The van der Waals surface area contributed by atoms with Gasteiger partial charge in [-0.1, -0.05) is 189 Å². The summed E-state index contributed by atoms with van der Waals surface area (Å²) in [5.74, 6) is -2.32. The Bertz CT molecular complexity index is 1370. The number of ether oxygens (including phenoxy) is 4. The Kier molecular flexibility index (Phi) is 46.3. The second kappa shape index (κ2) is 48.9. The van der Waals surface area contributed by atoms with E-state index in [0.717, 1.165) is 96.3 Å². The molecule has 9 heteroatoms. The number of likely N-dealkylation sites (N-methyl/N-ethyl adjacent to an activating group) is 1. The van der Waals surface area contributed by atoms with Crippen LogP contribution in [-0.2, 0) is 33.3 Å². The molecule has 0 aliphatic carbocycles. The van der Waals surface area contributed by atoms with Crippen LogP contribution in [0.2, 0.25) is 0 Å². The number of carboxylic acid groups (broad SMARTS) is 1. The van der Waals surface area contributed by atoms with Crippen LogP contribution in [-0.4, -0.2) is 82.3 Å². The number of rotatable bonds is 48. The molecule has 2 atom stereocenters. The third-order valence-corrected chi connectivity index (χ3v) is 11.1. The number of carbonyl (C=O) groups is 3. The molecule has 0 heterocycles. The van der Waals surface area contributed by atoms with Gasteiger partial charge in [-0.15, -0.1) is 0 Å². The third kappa shape index (κ3) is 50.2. The van der Waals surface area contributed by atoms with E-state index in [4.69, 9.17) is 18.9 Å². The summed E-state index contributed by atoms with van der Waals surface area (Å²) < 4.78 is 22.6. The van der Waals surface area contributed by atoms with Gasteiger partial charge in [-0.3, -0.25) is 9.59 Å². The van der Waals surface area contributed by atoms with Crippen molar-refractivity contribution < 1.29 is 42.9 Å². The Hall–Kier alpha value is -3.53. The van der Waals surface area contributed by atoms with Gasteiger partial charge in [0.05, 0.1) is 40.3 Å². The van der Waals surface area contributed by atoms with Gasteiger partial charge in [-0.25, -0.2) is 0 Å². The maximum absolute atomic E-state index is 12.8. The quantitative estimate of drug-likeness (QED) is 0.0195. The lowest BCUT2D eigenvalue weighted by Gasteiger charge is -2.26. The van der Waals surface area contributed by atoms with Gasteiger partial charge in [0.1, 0.15) is 13.2 Å². The van der Waals surface area contributed by atoms with Crippen LogP contribution in [0.3, 0.4) is 0 Å².